The minimum absolute atomic E-state index is 0.227. The Morgan fingerprint density at radius 2 is 1.54 bits per heavy atom. The van der Waals surface area contributed by atoms with Gasteiger partial charge >= 0.3 is 0 Å². The largest absolute Gasteiger partial charge is 0.496 e. The van der Waals surface area contributed by atoms with Crippen LogP contribution in [0.15, 0.2) is 17.7 Å². The van der Waals surface area contributed by atoms with Crippen molar-refractivity contribution in [2.75, 3.05) is 21.3 Å². The SMILES string of the molecule is COc1cc(OC)c(OC)cc1/C=C1\CCC(C2CCCC2)C1=O. The fraction of sp³-hybridized carbons (Fsp3) is 0.550. The lowest BCUT2D eigenvalue weighted by atomic mass is 9.88. The van der Waals surface area contributed by atoms with Crippen LogP contribution in [0.25, 0.3) is 6.08 Å². The molecule has 0 aromatic heterocycles. The Kier molecular flexibility index (Phi) is 5.12. The second-order valence-electron chi connectivity index (χ2n) is 6.67. The molecule has 0 spiro atoms. The first-order chi connectivity index (χ1) is 11.7. The van der Waals surface area contributed by atoms with Gasteiger partial charge in [-0.15, -0.1) is 0 Å². The van der Waals surface area contributed by atoms with Crippen LogP contribution in [0.3, 0.4) is 0 Å². The van der Waals surface area contributed by atoms with E-state index in [9.17, 15) is 4.79 Å². The van der Waals surface area contributed by atoms with Gasteiger partial charge in [0.25, 0.3) is 0 Å². The second kappa shape index (κ2) is 7.29. The van der Waals surface area contributed by atoms with E-state index in [4.69, 9.17) is 14.2 Å². The lowest BCUT2D eigenvalue weighted by molar-refractivity contribution is -0.119. The molecule has 1 aromatic rings. The van der Waals surface area contributed by atoms with E-state index in [0.717, 1.165) is 24.0 Å². The molecule has 130 valence electrons. The second-order valence-corrected chi connectivity index (χ2v) is 6.67. The first-order valence-corrected chi connectivity index (χ1v) is 8.72. The van der Waals surface area contributed by atoms with Gasteiger partial charge in [-0.05, 0) is 49.3 Å². The molecule has 2 aliphatic carbocycles. The zero-order valence-corrected chi connectivity index (χ0v) is 14.8. The van der Waals surface area contributed by atoms with Crippen LogP contribution in [-0.2, 0) is 4.79 Å². The van der Waals surface area contributed by atoms with E-state index in [1.165, 1.54) is 25.7 Å². The number of hydrogen-bond donors (Lipinski definition) is 0. The predicted molar refractivity (Wildman–Crippen MR) is 93.8 cm³/mol. The normalized spacial score (nSPS) is 23.0. The Balaban J connectivity index is 1.89. The van der Waals surface area contributed by atoms with Crippen molar-refractivity contribution in [3.63, 3.8) is 0 Å². The number of carbonyl (C=O) groups is 1. The van der Waals surface area contributed by atoms with Crippen molar-refractivity contribution in [3.8, 4) is 17.2 Å². The highest BCUT2D eigenvalue weighted by atomic mass is 16.5. The molecule has 1 atom stereocenters. The zero-order chi connectivity index (χ0) is 17.1. The average molecular weight is 330 g/mol. The minimum atomic E-state index is 0.227. The molecule has 3 rings (SSSR count). The van der Waals surface area contributed by atoms with Crippen molar-refractivity contribution in [2.24, 2.45) is 11.8 Å². The van der Waals surface area contributed by atoms with Gasteiger partial charge in [0.15, 0.2) is 17.3 Å². The van der Waals surface area contributed by atoms with Crippen molar-refractivity contribution in [1.82, 2.24) is 0 Å². The van der Waals surface area contributed by atoms with E-state index in [-0.39, 0.29) is 5.92 Å². The lowest BCUT2D eigenvalue weighted by Crippen LogP contribution is -2.16. The van der Waals surface area contributed by atoms with Gasteiger partial charge in [0.1, 0.15) is 5.75 Å². The van der Waals surface area contributed by atoms with Gasteiger partial charge in [0.2, 0.25) is 0 Å². The molecular formula is C20H26O4. The van der Waals surface area contributed by atoms with Gasteiger partial charge in [-0.3, -0.25) is 4.79 Å². The van der Waals surface area contributed by atoms with Crippen LogP contribution < -0.4 is 14.2 Å². The number of Topliss-reactive ketones (excluding diaryl/α,β-unsaturated/α-hetero) is 1. The summed E-state index contributed by atoms with van der Waals surface area (Å²) in [7, 11) is 4.83. The van der Waals surface area contributed by atoms with Gasteiger partial charge in [-0.1, -0.05) is 12.8 Å². The fourth-order valence-corrected chi connectivity index (χ4v) is 4.11. The Morgan fingerprint density at radius 1 is 0.917 bits per heavy atom. The van der Waals surface area contributed by atoms with Gasteiger partial charge in [0.05, 0.1) is 21.3 Å². The number of carbonyl (C=O) groups excluding carboxylic acids is 1. The van der Waals surface area contributed by atoms with E-state index in [2.05, 4.69) is 0 Å². The Morgan fingerprint density at radius 3 is 2.17 bits per heavy atom. The van der Waals surface area contributed by atoms with Crippen molar-refractivity contribution in [3.05, 3.63) is 23.3 Å². The highest BCUT2D eigenvalue weighted by Gasteiger charge is 2.36. The third kappa shape index (κ3) is 3.14. The number of ether oxygens (including phenoxy) is 3. The van der Waals surface area contributed by atoms with Crippen LogP contribution in [-0.4, -0.2) is 27.1 Å². The number of hydrogen-bond acceptors (Lipinski definition) is 4. The van der Waals surface area contributed by atoms with Crippen molar-refractivity contribution < 1.29 is 19.0 Å². The van der Waals surface area contributed by atoms with Crippen molar-refractivity contribution in [2.45, 2.75) is 38.5 Å². The van der Waals surface area contributed by atoms with E-state index < -0.39 is 0 Å². The first kappa shape index (κ1) is 16.9. The number of ketones is 1. The summed E-state index contributed by atoms with van der Waals surface area (Å²) in [4.78, 5) is 12.8. The van der Waals surface area contributed by atoms with Crippen LogP contribution in [0.2, 0.25) is 0 Å². The first-order valence-electron chi connectivity index (χ1n) is 8.72. The lowest BCUT2D eigenvalue weighted by Gasteiger charge is -2.15. The van der Waals surface area contributed by atoms with Crippen molar-refractivity contribution in [1.29, 1.82) is 0 Å². The molecule has 4 nitrogen and oxygen atoms in total. The molecular weight excluding hydrogens is 304 g/mol. The van der Waals surface area contributed by atoms with Crippen LogP contribution in [0.5, 0.6) is 17.2 Å². The van der Waals surface area contributed by atoms with E-state index in [0.29, 0.717) is 28.9 Å². The van der Waals surface area contributed by atoms with Crippen LogP contribution in [0.1, 0.15) is 44.1 Å². The third-order valence-electron chi connectivity index (χ3n) is 5.41. The summed E-state index contributed by atoms with van der Waals surface area (Å²) >= 11 is 0. The Hall–Kier alpha value is -1.97. The molecule has 0 N–H and O–H groups in total. The predicted octanol–water partition coefficient (Wildman–Crippen LogP) is 4.27. The fourth-order valence-electron chi connectivity index (χ4n) is 4.11. The summed E-state index contributed by atoms with van der Waals surface area (Å²) in [6, 6.07) is 3.68. The molecule has 0 saturated heterocycles. The molecule has 0 heterocycles. The molecule has 24 heavy (non-hydrogen) atoms. The summed E-state index contributed by atoms with van der Waals surface area (Å²) in [6.45, 7) is 0. The maximum atomic E-state index is 12.8. The minimum Gasteiger partial charge on any atom is -0.496 e. The monoisotopic (exact) mass is 330 g/mol. The molecule has 1 aromatic carbocycles. The standard InChI is InChI=1S/C20H26O4/c1-22-17-12-19(24-3)18(23-2)11-15(17)10-14-8-9-16(20(14)21)13-6-4-5-7-13/h10-13,16H,4-9H2,1-3H3/b14-10+. The zero-order valence-electron chi connectivity index (χ0n) is 14.8. The summed E-state index contributed by atoms with van der Waals surface area (Å²) in [6.07, 6.45) is 8.79. The van der Waals surface area contributed by atoms with Gasteiger partial charge in [-0.2, -0.15) is 0 Å². The molecule has 2 fully saturated rings. The van der Waals surface area contributed by atoms with Crippen molar-refractivity contribution >= 4 is 11.9 Å². The quantitative estimate of drug-likeness (QED) is 0.757. The summed E-state index contributed by atoms with van der Waals surface area (Å²) in [5.41, 5.74) is 1.78. The maximum Gasteiger partial charge on any atom is 0.164 e. The molecule has 0 bridgehead atoms. The van der Waals surface area contributed by atoms with Gasteiger partial charge < -0.3 is 14.2 Å². The highest BCUT2D eigenvalue weighted by Crippen LogP contribution is 2.42. The molecule has 0 amide bonds. The Labute approximate surface area is 143 Å². The highest BCUT2D eigenvalue weighted by molar-refractivity contribution is 6.03. The topological polar surface area (TPSA) is 44.8 Å². The number of methoxy groups -OCH3 is 3. The smallest absolute Gasteiger partial charge is 0.164 e. The van der Waals surface area contributed by atoms with Gasteiger partial charge in [0, 0.05) is 17.5 Å². The number of benzene rings is 1. The van der Waals surface area contributed by atoms with E-state index in [1.54, 1.807) is 27.4 Å². The molecule has 2 aliphatic rings. The average Bonchev–Trinajstić information content (AvgIpc) is 3.25. The Bertz CT molecular complexity index is 641. The molecule has 1 unspecified atom stereocenters. The summed E-state index contributed by atoms with van der Waals surface area (Å²) in [5, 5.41) is 0. The van der Waals surface area contributed by atoms with Crippen LogP contribution >= 0.6 is 0 Å². The molecule has 0 aliphatic heterocycles. The van der Waals surface area contributed by atoms with E-state index in [1.807, 2.05) is 12.1 Å². The van der Waals surface area contributed by atoms with Crippen LogP contribution in [0.4, 0.5) is 0 Å². The summed E-state index contributed by atoms with van der Waals surface area (Å²) in [5.74, 6) is 3.11. The molecule has 2 saturated carbocycles. The number of allylic oxidation sites excluding steroid dienone is 1. The van der Waals surface area contributed by atoms with Crippen LogP contribution in [0, 0.1) is 11.8 Å². The third-order valence-corrected chi connectivity index (χ3v) is 5.41. The van der Waals surface area contributed by atoms with Gasteiger partial charge in [-0.25, -0.2) is 0 Å². The molecule has 4 heteroatoms. The van der Waals surface area contributed by atoms with E-state index >= 15 is 0 Å². The maximum absolute atomic E-state index is 12.8. The molecule has 0 radical (unpaired) electrons. The number of rotatable bonds is 5. The summed E-state index contributed by atoms with van der Waals surface area (Å²) < 4.78 is 16.2.